The van der Waals surface area contributed by atoms with Gasteiger partial charge < -0.3 is 5.32 Å². The number of nitrogens with one attached hydrogen (secondary N) is 1. The Morgan fingerprint density at radius 2 is 2.00 bits per heavy atom. The Morgan fingerprint density at radius 3 is 2.71 bits per heavy atom. The minimum Gasteiger partial charge on any atom is -0.381 e. The fraction of sp³-hybridized carbons (Fsp3) is 0.250. The molecule has 0 spiro atoms. The molecule has 0 amide bonds. The quantitative estimate of drug-likeness (QED) is 0.661. The summed E-state index contributed by atoms with van der Waals surface area (Å²) in [5.41, 5.74) is 2.57. The first kappa shape index (κ1) is 13.5. The lowest BCUT2D eigenvalue weighted by atomic mass is 10.0. The van der Waals surface area contributed by atoms with E-state index >= 15 is 0 Å². The Hall–Kier alpha value is -2.43. The fourth-order valence-corrected chi connectivity index (χ4v) is 2.45. The number of hydrogen-bond donors (Lipinski definition) is 1. The van der Waals surface area contributed by atoms with Crippen LogP contribution in [-0.2, 0) is 6.54 Å². The van der Waals surface area contributed by atoms with Crippen LogP contribution in [0.15, 0.2) is 42.5 Å². The van der Waals surface area contributed by atoms with E-state index < -0.39 is 16.4 Å². The van der Waals surface area contributed by atoms with Gasteiger partial charge in [0.05, 0.1) is 4.92 Å². The number of hydrogen-bond acceptors (Lipinski definition) is 3. The Bertz CT molecular complexity index is 684. The second-order valence-corrected chi connectivity index (χ2v) is 5.25. The van der Waals surface area contributed by atoms with Crippen molar-refractivity contribution in [3.63, 3.8) is 0 Å². The van der Waals surface area contributed by atoms with Crippen LogP contribution in [0.4, 0.5) is 15.8 Å². The lowest BCUT2D eigenvalue weighted by Crippen LogP contribution is -2.03. The maximum atomic E-state index is 13.3. The number of anilines is 1. The molecule has 5 heteroatoms. The van der Waals surface area contributed by atoms with E-state index in [0.29, 0.717) is 18.2 Å². The molecule has 1 fully saturated rings. The van der Waals surface area contributed by atoms with Crippen LogP contribution in [0.5, 0.6) is 0 Å². The second kappa shape index (κ2) is 5.52. The summed E-state index contributed by atoms with van der Waals surface area (Å²) in [6, 6.07) is 12.1. The number of nitro groups is 1. The van der Waals surface area contributed by atoms with Crippen molar-refractivity contribution in [1.29, 1.82) is 0 Å². The average molecular weight is 286 g/mol. The minimum absolute atomic E-state index is 0.504. The third-order valence-electron chi connectivity index (χ3n) is 3.70. The molecule has 0 atom stereocenters. The monoisotopic (exact) mass is 286 g/mol. The zero-order valence-corrected chi connectivity index (χ0v) is 11.4. The Morgan fingerprint density at radius 1 is 1.24 bits per heavy atom. The lowest BCUT2D eigenvalue weighted by Gasteiger charge is -2.11. The molecule has 0 radical (unpaired) electrons. The van der Waals surface area contributed by atoms with E-state index in [2.05, 4.69) is 17.4 Å². The maximum Gasteiger partial charge on any atom is 0.306 e. The Balaban J connectivity index is 1.76. The zero-order chi connectivity index (χ0) is 14.8. The first-order valence-corrected chi connectivity index (χ1v) is 6.91. The topological polar surface area (TPSA) is 55.2 Å². The van der Waals surface area contributed by atoms with Crippen LogP contribution in [0.25, 0.3) is 0 Å². The Kier molecular flexibility index (Phi) is 3.56. The molecule has 2 aromatic carbocycles. The van der Waals surface area contributed by atoms with Crippen molar-refractivity contribution >= 4 is 11.4 Å². The normalized spacial score (nSPS) is 14.0. The van der Waals surface area contributed by atoms with Crippen molar-refractivity contribution < 1.29 is 9.31 Å². The molecule has 0 aliphatic heterocycles. The van der Waals surface area contributed by atoms with Crippen molar-refractivity contribution in [2.45, 2.75) is 25.3 Å². The first-order valence-electron chi connectivity index (χ1n) is 6.91. The number of nitrogens with zero attached hydrogens (tertiary/aromatic N) is 1. The molecule has 1 saturated carbocycles. The molecule has 108 valence electrons. The maximum absolute atomic E-state index is 13.3. The van der Waals surface area contributed by atoms with Gasteiger partial charge in [-0.25, -0.2) is 0 Å². The van der Waals surface area contributed by atoms with Gasteiger partial charge in [0.1, 0.15) is 0 Å². The lowest BCUT2D eigenvalue weighted by molar-refractivity contribution is -0.387. The number of nitro benzene ring substituents is 1. The van der Waals surface area contributed by atoms with E-state index in [0.717, 1.165) is 6.07 Å². The number of rotatable bonds is 5. The minimum atomic E-state index is -0.816. The molecule has 1 N–H and O–H groups in total. The molecule has 1 aliphatic carbocycles. The number of halogens is 1. The molecule has 21 heavy (non-hydrogen) atoms. The van der Waals surface area contributed by atoms with Crippen LogP contribution in [0.2, 0.25) is 0 Å². The van der Waals surface area contributed by atoms with Crippen LogP contribution in [0.1, 0.15) is 29.9 Å². The van der Waals surface area contributed by atoms with E-state index in [1.165, 1.54) is 36.1 Å². The molecule has 0 aromatic heterocycles. The summed E-state index contributed by atoms with van der Waals surface area (Å²) in [6.07, 6.45) is 2.44. The van der Waals surface area contributed by atoms with Gasteiger partial charge in [-0.15, -0.1) is 0 Å². The van der Waals surface area contributed by atoms with Crippen molar-refractivity contribution in [2.75, 3.05) is 5.32 Å². The summed E-state index contributed by atoms with van der Waals surface area (Å²) in [5, 5.41) is 13.9. The Labute approximate surface area is 121 Å². The van der Waals surface area contributed by atoms with Crippen molar-refractivity contribution in [3.8, 4) is 0 Å². The highest BCUT2D eigenvalue weighted by atomic mass is 19.1. The van der Waals surface area contributed by atoms with Gasteiger partial charge in [-0.2, -0.15) is 4.39 Å². The molecule has 1 aliphatic rings. The van der Waals surface area contributed by atoms with Gasteiger partial charge in [-0.3, -0.25) is 10.1 Å². The van der Waals surface area contributed by atoms with E-state index in [-0.39, 0.29) is 0 Å². The average Bonchev–Trinajstić information content (AvgIpc) is 3.31. The highest BCUT2D eigenvalue weighted by Crippen LogP contribution is 2.41. The summed E-state index contributed by atoms with van der Waals surface area (Å²) >= 11 is 0. The predicted octanol–water partition coefficient (Wildman–Crippen LogP) is 4.22. The standard InChI is InChI=1S/C16H15FN2O2/c17-15-8-7-13(9-16(15)19(20)21)18-10-12-3-1-2-4-14(12)11-5-6-11/h1-4,7-9,11,18H,5-6,10H2. The molecular formula is C16H15FN2O2. The molecule has 3 rings (SSSR count). The van der Waals surface area contributed by atoms with Gasteiger partial charge in [-0.1, -0.05) is 24.3 Å². The number of benzene rings is 2. The molecule has 0 heterocycles. The molecule has 0 saturated heterocycles. The van der Waals surface area contributed by atoms with Crippen LogP contribution < -0.4 is 5.32 Å². The van der Waals surface area contributed by atoms with E-state index in [1.807, 2.05) is 12.1 Å². The van der Waals surface area contributed by atoms with Crippen LogP contribution in [-0.4, -0.2) is 4.92 Å². The predicted molar refractivity (Wildman–Crippen MR) is 78.8 cm³/mol. The van der Waals surface area contributed by atoms with Crippen molar-refractivity contribution in [2.24, 2.45) is 0 Å². The van der Waals surface area contributed by atoms with E-state index in [4.69, 9.17) is 0 Å². The van der Waals surface area contributed by atoms with Gasteiger partial charge in [-0.05, 0) is 42.0 Å². The van der Waals surface area contributed by atoms with Crippen LogP contribution in [0, 0.1) is 15.9 Å². The molecule has 4 nitrogen and oxygen atoms in total. The summed E-state index contributed by atoms with van der Waals surface area (Å²) in [5.74, 6) is -0.172. The largest absolute Gasteiger partial charge is 0.381 e. The van der Waals surface area contributed by atoms with Gasteiger partial charge in [0, 0.05) is 18.3 Å². The third kappa shape index (κ3) is 3.02. The first-order chi connectivity index (χ1) is 10.1. The fourth-order valence-electron chi connectivity index (χ4n) is 2.45. The van der Waals surface area contributed by atoms with Gasteiger partial charge in [0.25, 0.3) is 0 Å². The van der Waals surface area contributed by atoms with Gasteiger partial charge in [0.2, 0.25) is 5.82 Å². The van der Waals surface area contributed by atoms with Crippen molar-refractivity contribution in [3.05, 3.63) is 69.5 Å². The highest BCUT2D eigenvalue weighted by molar-refractivity contribution is 5.52. The van der Waals surface area contributed by atoms with Crippen LogP contribution >= 0.6 is 0 Å². The van der Waals surface area contributed by atoms with E-state index in [9.17, 15) is 14.5 Å². The van der Waals surface area contributed by atoms with Gasteiger partial charge >= 0.3 is 5.69 Å². The molecular weight excluding hydrogens is 271 g/mol. The zero-order valence-electron chi connectivity index (χ0n) is 11.4. The van der Waals surface area contributed by atoms with Crippen molar-refractivity contribution in [1.82, 2.24) is 0 Å². The van der Waals surface area contributed by atoms with Crippen LogP contribution in [0.3, 0.4) is 0 Å². The van der Waals surface area contributed by atoms with Gasteiger partial charge in [0.15, 0.2) is 0 Å². The highest BCUT2D eigenvalue weighted by Gasteiger charge is 2.25. The third-order valence-corrected chi connectivity index (χ3v) is 3.70. The summed E-state index contributed by atoms with van der Waals surface area (Å²) < 4.78 is 13.3. The molecule has 0 bridgehead atoms. The summed E-state index contributed by atoms with van der Waals surface area (Å²) in [7, 11) is 0. The summed E-state index contributed by atoms with van der Waals surface area (Å²) in [6.45, 7) is 0.579. The second-order valence-electron chi connectivity index (χ2n) is 5.25. The SMILES string of the molecule is O=[N+]([O-])c1cc(NCc2ccccc2C2CC2)ccc1F. The molecule has 2 aromatic rings. The smallest absolute Gasteiger partial charge is 0.306 e. The summed E-state index contributed by atoms with van der Waals surface area (Å²) in [4.78, 5) is 10.0. The van der Waals surface area contributed by atoms with E-state index in [1.54, 1.807) is 0 Å². The molecule has 0 unspecified atom stereocenters.